The van der Waals surface area contributed by atoms with Crippen molar-refractivity contribution in [3.63, 3.8) is 0 Å². The highest BCUT2D eigenvalue weighted by Gasteiger charge is 2.26. The first-order valence-corrected chi connectivity index (χ1v) is 4.53. The quantitative estimate of drug-likeness (QED) is 0.647. The van der Waals surface area contributed by atoms with Crippen LogP contribution in [0, 0.1) is 0 Å². The van der Waals surface area contributed by atoms with E-state index in [1.54, 1.807) is 0 Å². The zero-order valence-electron chi connectivity index (χ0n) is 6.34. The van der Waals surface area contributed by atoms with Gasteiger partial charge in [-0.15, -0.1) is 0 Å². The minimum absolute atomic E-state index is 0.0278. The molecule has 0 bridgehead atoms. The predicted molar refractivity (Wildman–Crippen MR) is 43.3 cm³/mol. The number of alkyl halides is 1. The molecule has 1 saturated heterocycles. The molecule has 0 amide bonds. The number of hydrogen-bond donors (Lipinski definition) is 0. The van der Waals surface area contributed by atoms with Crippen molar-refractivity contribution < 1.29 is 9.47 Å². The van der Waals surface area contributed by atoms with Crippen LogP contribution >= 0.6 is 15.9 Å². The van der Waals surface area contributed by atoms with Crippen LogP contribution in [0.4, 0.5) is 0 Å². The summed E-state index contributed by atoms with van der Waals surface area (Å²) in [5.41, 5.74) is 0. The van der Waals surface area contributed by atoms with Gasteiger partial charge in [0.1, 0.15) is 0 Å². The second kappa shape index (κ2) is 3.69. The molecule has 0 N–H and O–H groups in total. The first-order valence-electron chi connectivity index (χ1n) is 3.61. The Morgan fingerprint density at radius 2 is 2.30 bits per heavy atom. The minimum atomic E-state index is -0.0278. The molecule has 1 heterocycles. The van der Waals surface area contributed by atoms with E-state index in [0.717, 1.165) is 13.0 Å². The standard InChI is InChI=1S/C7H13BrO2/c1-5(2)10-7-6(8)3-4-9-7/h5-7H,3-4H2,1-2H3/t6-,7+/m0/s1. The topological polar surface area (TPSA) is 18.5 Å². The van der Waals surface area contributed by atoms with Crippen molar-refractivity contribution in [3.8, 4) is 0 Å². The van der Waals surface area contributed by atoms with E-state index in [4.69, 9.17) is 9.47 Å². The summed E-state index contributed by atoms with van der Waals surface area (Å²) in [5, 5.41) is 0. The minimum Gasteiger partial charge on any atom is -0.351 e. The molecular formula is C7H13BrO2. The third kappa shape index (κ3) is 2.22. The Balaban J connectivity index is 2.26. The number of rotatable bonds is 2. The molecule has 1 aliphatic heterocycles. The van der Waals surface area contributed by atoms with Crippen LogP contribution in [-0.2, 0) is 9.47 Å². The second-order valence-corrected chi connectivity index (χ2v) is 3.90. The van der Waals surface area contributed by atoms with Crippen LogP contribution in [-0.4, -0.2) is 23.8 Å². The molecule has 3 heteroatoms. The van der Waals surface area contributed by atoms with Gasteiger partial charge in [0.25, 0.3) is 0 Å². The molecule has 0 aromatic heterocycles. The van der Waals surface area contributed by atoms with E-state index in [1.165, 1.54) is 0 Å². The molecule has 60 valence electrons. The van der Waals surface area contributed by atoms with E-state index < -0.39 is 0 Å². The molecule has 0 spiro atoms. The number of hydrogen-bond acceptors (Lipinski definition) is 2. The van der Waals surface area contributed by atoms with Crippen molar-refractivity contribution in [2.24, 2.45) is 0 Å². The van der Waals surface area contributed by atoms with E-state index in [-0.39, 0.29) is 12.4 Å². The van der Waals surface area contributed by atoms with Crippen LogP contribution in [0.2, 0.25) is 0 Å². The normalized spacial score (nSPS) is 33.6. The summed E-state index contributed by atoms with van der Waals surface area (Å²) in [6.45, 7) is 4.84. The average Bonchev–Trinajstić information content (AvgIpc) is 2.15. The molecule has 1 fully saturated rings. The molecule has 0 unspecified atom stereocenters. The molecule has 0 radical (unpaired) electrons. The molecule has 1 rings (SSSR count). The Morgan fingerprint density at radius 3 is 2.70 bits per heavy atom. The van der Waals surface area contributed by atoms with Gasteiger partial charge in [-0.05, 0) is 20.3 Å². The van der Waals surface area contributed by atoms with Gasteiger partial charge in [0.05, 0.1) is 17.5 Å². The maximum atomic E-state index is 5.45. The van der Waals surface area contributed by atoms with E-state index in [2.05, 4.69) is 15.9 Å². The molecule has 10 heavy (non-hydrogen) atoms. The zero-order chi connectivity index (χ0) is 7.56. The smallest absolute Gasteiger partial charge is 0.170 e. The van der Waals surface area contributed by atoms with E-state index in [1.807, 2.05) is 13.8 Å². The van der Waals surface area contributed by atoms with Gasteiger partial charge in [-0.2, -0.15) is 0 Å². The van der Waals surface area contributed by atoms with Gasteiger partial charge in [0, 0.05) is 0 Å². The summed E-state index contributed by atoms with van der Waals surface area (Å²) in [5.74, 6) is 0. The molecular weight excluding hydrogens is 196 g/mol. The third-order valence-electron chi connectivity index (χ3n) is 1.38. The van der Waals surface area contributed by atoms with E-state index in [0.29, 0.717) is 4.83 Å². The lowest BCUT2D eigenvalue weighted by atomic mass is 10.3. The van der Waals surface area contributed by atoms with Crippen molar-refractivity contribution in [2.45, 2.75) is 37.5 Å². The van der Waals surface area contributed by atoms with Crippen LogP contribution in [0.1, 0.15) is 20.3 Å². The third-order valence-corrected chi connectivity index (χ3v) is 2.27. The Kier molecular flexibility index (Phi) is 3.14. The molecule has 2 nitrogen and oxygen atoms in total. The van der Waals surface area contributed by atoms with Gasteiger partial charge in [0.2, 0.25) is 0 Å². The van der Waals surface area contributed by atoms with Gasteiger partial charge < -0.3 is 9.47 Å². The Hall–Kier alpha value is 0.400. The Labute approximate surface area is 70.0 Å². The molecule has 1 aliphatic rings. The monoisotopic (exact) mass is 208 g/mol. The molecule has 0 aromatic carbocycles. The fourth-order valence-electron chi connectivity index (χ4n) is 0.930. The summed E-state index contributed by atoms with van der Waals surface area (Å²) in [6, 6.07) is 0. The largest absolute Gasteiger partial charge is 0.351 e. The lowest BCUT2D eigenvalue weighted by molar-refractivity contribution is -0.130. The van der Waals surface area contributed by atoms with E-state index >= 15 is 0 Å². The number of halogens is 1. The highest BCUT2D eigenvalue weighted by Crippen LogP contribution is 2.22. The van der Waals surface area contributed by atoms with Crippen molar-refractivity contribution in [1.29, 1.82) is 0 Å². The molecule has 0 saturated carbocycles. The van der Waals surface area contributed by atoms with Crippen LogP contribution in [0.15, 0.2) is 0 Å². The first kappa shape index (κ1) is 8.50. The van der Waals surface area contributed by atoms with Gasteiger partial charge in [0.15, 0.2) is 6.29 Å². The summed E-state index contributed by atoms with van der Waals surface area (Å²) in [7, 11) is 0. The lowest BCUT2D eigenvalue weighted by Gasteiger charge is -2.16. The lowest BCUT2D eigenvalue weighted by Crippen LogP contribution is -2.23. The SMILES string of the molecule is CC(C)O[C@H]1OCC[C@@H]1Br. The van der Waals surface area contributed by atoms with E-state index in [9.17, 15) is 0 Å². The molecule has 0 aliphatic carbocycles. The van der Waals surface area contributed by atoms with Gasteiger partial charge in [-0.25, -0.2) is 0 Å². The second-order valence-electron chi connectivity index (χ2n) is 2.73. The summed E-state index contributed by atoms with van der Waals surface area (Å²) in [4.78, 5) is 0.384. The van der Waals surface area contributed by atoms with Gasteiger partial charge in [-0.1, -0.05) is 15.9 Å². The van der Waals surface area contributed by atoms with Gasteiger partial charge in [-0.3, -0.25) is 0 Å². The Morgan fingerprint density at radius 1 is 1.60 bits per heavy atom. The number of ether oxygens (including phenoxy) is 2. The summed E-state index contributed by atoms with van der Waals surface area (Å²) in [6.07, 6.45) is 1.28. The maximum Gasteiger partial charge on any atom is 0.170 e. The van der Waals surface area contributed by atoms with Crippen molar-refractivity contribution in [2.75, 3.05) is 6.61 Å². The van der Waals surface area contributed by atoms with Gasteiger partial charge >= 0.3 is 0 Å². The predicted octanol–water partition coefficient (Wildman–Crippen LogP) is 1.92. The summed E-state index contributed by atoms with van der Waals surface area (Å²) >= 11 is 3.48. The molecule has 0 aromatic rings. The highest BCUT2D eigenvalue weighted by molar-refractivity contribution is 9.09. The Bertz CT molecular complexity index is 106. The van der Waals surface area contributed by atoms with Crippen LogP contribution < -0.4 is 0 Å². The van der Waals surface area contributed by atoms with Crippen molar-refractivity contribution in [1.82, 2.24) is 0 Å². The van der Waals surface area contributed by atoms with Crippen molar-refractivity contribution in [3.05, 3.63) is 0 Å². The average molecular weight is 209 g/mol. The van der Waals surface area contributed by atoms with Crippen LogP contribution in [0.5, 0.6) is 0 Å². The van der Waals surface area contributed by atoms with Crippen LogP contribution in [0.3, 0.4) is 0 Å². The van der Waals surface area contributed by atoms with Crippen LogP contribution in [0.25, 0.3) is 0 Å². The fraction of sp³-hybridized carbons (Fsp3) is 1.00. The fourth-order valence-corrected chi connectivity index (χ4v) is 1.39. The van der Waals surface area contributed by atoms with Crippen molar-refractivity contribution >= 4 is 15.9 Å². The highest BCUT2D eigenvalue weighted by atomic mass is 79.9. The maximum absolute atomic E-state index is 5.45. The summed E-state index contributed by atoms with van der Waals surface area (Å²) < 4.78 is 10.8. The zero-order valence-corrected chi connectivity index (χ0v) is 7.93. The molecule has 2 atom stereocenters. The first-order chi connectivity index (χ1) is 4.70.